The van der Waals surface area contributed by atoms with Crippen LogP contribution in [0.25, 0.3) is 0 Å². The highest BCUT2D eigenvalue weighted by Gasteiger charge is 2.20. The van der Waals surface area contributed by atoms with Crippen molar-refractivity contribution in [3.8, 4) is 5.75 Å². The number of halogens is 1. The van der Waals surface area contributed by atoms with Crippen molar-refractivity contribution in [1.29, 1.82) is 0 Å². The van der Waals surface area contributed by atoms with E-state index in [1.165, 1.54) is 31.4 Å². The van der Waals surface area contributed by atoms with Crippen molar-refractivity contribution in [2.45, 2.75) is 23.8 Å². The van der Waals surface area contributed by atoms with E-state index in [1.807, 2.05) is 0 Å². The molecule has 1 heterocycles. The van der Waals surface area contributed by atoms with Gasteiger partial charge in [0.15, 0.2) is 0 Å². The van der Waals surface area contributed by atoms with Crippen LogP contribution in [0, 0.1) is 0 Å². The average Bonchev–Trinajstić information content (AvgIpc) is 3.20. The maximum absolute atomic E-state index is 12.4. The molecule has 0 aromatic heterocycles. The zero-order chi connectivity index (χ0) is 20.1. The van der Waals surface area contributed by atoms with Crippen LogP contribution in [0.4, 0.5) is 5.69 Å². The maximum Gasteiger partial charge on any atom is 0.255 e. The monoisotopic (exact) mass is 424 g/mol. The summed E-state index contributed by atoms with van der Waals surface area (Å²) < 4.78 is 37.8. The Morgan fingerprint density at radius 2 is 2.00 bits per heavy atom. The lowest BCUT2D eigenvalue weighted by Crippen LogP contribution is -2.31. The molecule has 1 aliphatic heterocycles. The second kappa shape index (κ2) is 8.91. The van der Waals surface area contributed by atoms with Gasteiger partial charge in [-0.3, -0.25) is 4.79 Å². The fraction of sp³-hybridized carbons (Fsp3) is 0.316. The number of anilines is 1. The van der Waals surface area contributed by atoms with Crippen molar-refractivity contribution in [2.75, 3.05) is 25.6 Å². The van der Waals surface area contributed by atoms with Crippen molar-refractivity contribution in [3.05, 3.63) is 53.1 Å². The molecular formula is C19H21ClN2O5S. The molecule has 2 aromatic rings. The molecule has 0 aliphatic carbocycles. The summed E-state index contributed by atoms with van der Waals surface area (Å²) in [7, 11) is -2.15. The van der Waals surface area contributed by atoms with Crippen molar-refractivity contribution in [3.63, 3.8) is 0 Å². The second-order valence-electron chi connectivity index (χ2n) is 6.31. The van der Waals surface area contributed by atoms with Crippen molar-refractivity contribution >= 4 is 33.2 Å². The van der Waals surface area contributed by atoms with Gasteiger partial charge in [0.1, 0.15) is 5.75 Å². The number of sulfonamides is 1. The van der Waals surface area contributed by atoms with Crippen molar-refractivity contribution < 1.29 is 22.7 Å². The number of nitrogens with one attached hydrogen (secondary N) is 2. The fourth-order valence-electron chi connectivity index (χ4n) is 2.82. The molecule has 1 amide bonds. The summed E-state index contributed by atoms with van der Waals surface area (Å²) >= 11 is 6.05. The molecule has 0 radical (unpaired) electrons. The first-order chi connectivity index (χ1) is 13.4. The molecule has 9 heteroatoms. The smallest absolute Gasteiger partial charge is 0.255 e. The number of amides is 1. The van der Waals surface area contributed by atoms with E-state index in [2.05, 4.69) is 10.0 Å². The van der Waals surface area contributed by atoms with E-state index in [0.717, 1.165) is 12.8 Å². The van der Waals surface area contributed by atoms with Crippen LogP contribution in [0.1, 0.15) is 23.2 Å². The molecule has 0 bridgehead atoms. The highest BCUT2D eigenvalue weighted by Crippen LogP contribution is 2.27. The Labute approximate surface area is 169 Å². The van der Waals surface area contributed by atoms with Crippen LogP contribution in [0.2, 0.25) is 5.02 Å². The molecule has 150 valence electrons. The molecule has 2 aromatic carbocycles. The van der Waals surface area contributed by atoms with Gasteiger partial charge in [-0.05, 0) is 55.3 Å². The van der Waals surface area contributed by atoms with E-state index in [0.29, 0.717) is 28.6 Å². The largest absolute Gasteiger partial charge is 0.495 e. The van der Waals surface area contributed by atoms with Crippen molar-refractivity contribution in [1.82, 2.24) is 4.72 Å². The number of benzene rings is 2. The van der Waals surface area contributed by atoms with E-state index < -0.39 is 10.0 Å². The van der Waals surface area contributed by atoms with Crippen LogP contribution in [0.5, 0.6) is 5.75 Å². The van der Waals surface area contributed by atoms with Gasteiger partial charge in [0.05, 0.1) is 23.1 Å². The Balaban J connectivity index is 1.64. The normalized spacial score (nSPS) is 16.7. The third-order valence-electron chi connectivity index (χ3n) is 4.36. The van der Waals surface area contributed by atoms with E-state index in [9.17, 15) is 13.2 Å². The minimum atomic E-state index is -3.66. The van der Waals surface area contributed by atoms with Gasteiger partial charge in [0.2, 0.25) is 10.0 Å². The number of carbonyl (C=O) groups excluding carboxylic acids is 1. The van der Waals surface area contributed by atoms with Gasteiger partial charge in [0.25, 0.3) is 5.91 Å². The van der Waals surface area contributed by atoms with E-state index >= 15 is 0 Å². The Bertz CT molecular complexity index is 941. The van der Waals surface area contributed by atoms with Crippen LogP contribution in [0.15, 0.2) is 47.4 Å². The van der Waals surface area contributed by atoms with Gasteiger partial charge in [0, 0.05) is 24.4 Å². The molecule has 3 rings (SSSR count). The fourth-order valence-corrected chi connectivity index (χ4v) is 4.15. The average molecular weight is 425 g/mol. The standard InChI is InChI=1S/C19H21ClN2O5S/c1-26-18-9-6-14(11-17(18)20)22-19(23)13-4-7-16(8-5-13)28(24,25)21-12-15-3-2-10-27-15/h4-9,11,15,21H,2-3,10,12H2,1H3,(H,22,23)/t15-/m0/s1. The summed E-state index contributed by atoms with van der Waals surface area (Å²) in [6.07, 6.45) is 1.70. The van der Waals surface area contributed by atoms with E-state index in [1.54, 1.807) is 18.2 Å². The Hall–Kier alpha value is -2.13. The van der Waals surface area contributed by atoms with Crippen LogP contribution in [-0.2, 0) is 14.8 Å². The first kappa shape index (κ1) is 20.6. The minimum Gasteiger partial charge on any atom is -0.495 e. The summed E-state index contributed by atoms with van der Waals surface area (Å²) in [5, 5.41) is 3.08. The second-order valence-corrected chi connectivity index (χ2v) is 8.49. The molecule has 1 aliphatic rings. The first-order valence-corrected chi connectivity index (χ1v) is 10.6. The van der Waals surface area contributed by atoms with Crippen LogP contribution < -0.4 is 14.8 Å². The molecule has 28 heavy (non-hydrogen) atoms. The van der Waals surface area contributed by atoms with Crippen LogP contribution in [0.3, 0.4) is 0 Å². The molecule has 0 unspecified atom stereocenters. The molecule has 1 fully saturated rings. The number of ether oxygens (including phenoxy) is 2. The van der Waals surface area contributed by atoms with Crippen molar-refractivity contribution in [2.24, 2.45) is 0 Å². The molecular weight excluding hydrogens is 404 g/mol. The third-order valence-corrected chi connectivity index (χ3v) is 6.10. The van der Waals surface area contributed by atoms with Crippen LogP contribution in [-0.4, -0.2) is 40.7 Å². The number of carbonyl (C=O) groups is 1. The third kappa shape index (κ3) is 5.02. The number of methoxy groups -OCH3 is 1. The Morgan fingerprint density at radius 3 is 2.61 bits per heavy atom. The SMILES string of the molecule is COc1ccc(NC(=O)c2ccc(S(=O)(=O)NC[C@@H]3CCCO3)cc2)cc1Cl. The highest BCUT2D eigenvalue weighted by molar-refractivity contribution is 7.89. The molecule has 1 atom stereocenters. The van der Waals surface area contributed by atoms with Gasteiger partial charge in [-0.15, -0.1) is 0 Å². The minimum absolute atomic E-state index is 0.0869. The van der Waals surface area contributed by atoms with Gasteiger partial charge in [-0.1, -0.05) is 11.6 Å². The lowest BCUT2D eigenvalue weighted by Gasteiger charge is -2.12. The number of hydrogen-bond donors (Lipinski definition) is 2. The molecule has 2 N–H and O–H groups in total. The lowest BCUT2D eigenvalue weighted by molar-refractivity contribution is 0.102. The molecule has 0 spiro atoms. The molecule has 7 nitrogen and oxygen atoms in total. The predicted molar refractivity (Wildman–Crippen MR) is 107 cm³/mol. The van der Waals surface area contributed by atoms with Gasteiger partial charge >= 0.3 is 0 Å². The topological polar surface area (TPSA) is 93.7 Å². The summed E-state index contributed by atoms with van der Waals surface area (Å²) in [5.74, 6) is 0.127. The summed E-state index contributed by atoms with van der Waals surface area (Å²) in [4.78, 5) is 12.5. The first-order valence-electron chi connectivity index (χ1n) is 8.75. The number of rotatable bonds is 7. The van der Waals surface area contributed by atoms with Gasteiger partial charge < -0.3 is 14.8 Å². The summed E-state index contributed by atoms with van der Waals surface area (Å²) in [6, 6.07) is 10.6. The van der Waals surface area contributed by atoms with Crippen LogP contribution >= 0.6 is 11.6 Å². The number of hydrogen-bond acceptors (Lipinski definition) is 5. The van der Waals surface area contributed by atoms with E-state index in [4.69, 9.17) is 21.1 Å². The maximum atomic E-state index is 12.4. The lowest BCUT2D eigenvalue weighted by atomic mass is 10.2. The quantitative estimate of drug-likeness (QED) is 0.712. The molecule has 0 saturated carbocycles. The molecule has 1 saturated heterocycles. The van der Waals surface area contributed by atoms with Gasteiger partial charge in [-0.2, -0.15) is 0 Å². The Morgan fingerprint density at radius 1 is 1.25 bits per heavy atom. The van der Waals surface area contributed by atoms with Gasteiger partial charge in [-0.25, -0.2) is 13.1 Å². The summed E-state index contributed by atoms with van der Waals surface area (Å²) in [5.41, 5.74) is 0.829. The predicted octanol–water partition coefficient (Wildman–Crippen LogP) is 3.06. The summed E-state index contributed by atoms with van der Waals surface area (Å²) in [6.45, 7) is 0.901. The Kier molecular flexibility index (Phi) is 6.56. The zero-order valence-corrected chi connectivity index (χ0v) is 16.8. The highest BCUT2D eigenvalue weighted by atomic mass is 35.5. The van der Waals surface area contributed by atoms with E-state index in [-0.39, 0.29) is 23.5 Å². The zero-order valence-electron chi connectivity index (χ0n) is 15.3.